The summed E-state index contributed by atoms with van der Waals surface area (Å²) in [5, 5.41) is 20.2. The van der Waals surface area contributed by atoms with Crippen LogP contribution in [0.15, 0.2) is 43.0 Å². The lowest BCUT2D eigenvalue weighted by atomic mass is 10.2. The van der Waals surface area contributed by atoms with E-state index in [4.69, 9.17) is 4.74 Å². The van der Waals surface area contributed by atoms with Gasteiger partial charge in [0.05, 0.1) is 17.1 Å². The van der Waals surface area contributed by atoms with Crippen molar-refractivity contribution in [1.29, 1.82) is 0 Å². The van der Waals surface area contributed by atoms with Crippen molar-refractivity contribution in [3.63, 3.8) is 0 Å². The quantitative estimate of drug-likeness (QED) is 0.469. The number of hydrogen-bond donors (Lipinski definition) is 1. The second kappa shape index (κ2) is 7.20. The molecule has 0 radical (unpaired) electrons. The maximum Gasteiger partial charge on any atom is 0.336 e. The molecule has 0 saturated heterocycles. The summed E-state index contributed by atoms with van der Waals surface area (Å²) in [6.07, 6.45) is 4.95. The Kier molecular flexibility index (Phi) is 5.61. The minimum absolute atomic E-state index is 0.0620. The third kappa shape index (κ3) is 4.03. The first kappa shape index (κ1) is 15.6. The molecule has 0 fully saturated rings. The van der Waals surface area contributed by atoms with Crippen LogP contribution >= 0.6 is 0 Å². The Morgan fingerprint density at radius 3 is 2.90 bits per heavy atom. The number of aromatic nitrogens is 1. The molecule has 1 aromatic rings. The van der Waals surface area contributed by atoms with Crippen molar-refractivity contribution in [2.24, 2.45) is 0 Å². The number of hydrogen-bond acceptors (Lipinski definition) is 5. The normalized spacial score (nSPS) is 10.5. The highest BCUT2D eigenvalue weighted by Crippen LogP contribution is 2.30. The summed E-state index contributed by atoms with van der Waals surface area (Å²) in [6, 6.07) is 1.46. The number of allylic oxidation sites excluding steroid dienone is 2. The van der Waals surface area contributed by atoms with E-state index >= 15 is 0 Å². The zero-order chi connectivity index (χ0) is 15.1. The van der Waals surface area contributed by atoms with Crippen LogP contribution in [0.5, 0.6) is 5.88 Å². The minimum Gasteiger partial charge on any atom is -0.468 e. The highest BCUT2D eigenvalue weighted by atomic mass is 16.6. The van der Waals surface area contributed by atoms with Gasteiger partial charge in [-0.1, -0.05) is 31.4 Å². The third-order valence-electron chi connectivity index (χ3n) is 2.38. The summed E-state index contributed by atoms with van der Waals surface area (Å²) < 4.78 is 5.33. The van der Waals surface area contributed by atoms with Crippen molar-refractivity contribution in [2.75, 3.05) is 6.61 Å². The molecule has 0 unspecified atom stereocenters. The van der Waals surface area contributed by atoms with Crippen LogP contribution in [-0.2, 0) is 6.61 Å². The summed E-state index contributed by atoms with van der Waals surface area (Å²) in [5.74, 6) is -0.118. The van der Waals surface area contributed by atoms with Crippen LogP contribution in [0.4, 0.5) is 5.69 Å². The van der Waals surface area contributed by atoms with Gasteiger partial charge in [0, 0.05) is 5.69 Å². The molecule has 1 rings (SSSR count). The monoisotopic (exact) mass is 276 g/mol. The average molecular weight is 276 g/mol. The van der Waals surface area contributed by atoms with Gasteiger partial charge in [-0.3, -0.25) is 10.1 Å². The van der Waals surface area contributed by atoms with Crippen molar-refractivity contribution in [3.05, 3.63) is 64.4 Å². The summed E-state index contributed by atoms with van der Waals surface area (Å²) in [4.78, 5) is 14.4. The lowest BCUT2D eigenvalue weighted by Crippen LogP contribution is -2.07. The number of aliphatic hydroxyl groups is 1. The van der Waals surface area contributed by atoms with Gasteiger partial charge in [-0.15, -0.1) is 0 Å². The number of nitro groups is 1. The molecule has 106 valence electrons. The van der Waals surface area contributed by atoms with Crippen LogP contribution < -0.4 is 4.74 Å². The van der Waals surface area contributed by atoms with Gasteiger partial charge in [0.2, 0.25) is 0 Å². The molecule has 0 atom stereocenters. The van der Waals surface area contributed by atoms with Crippen molar-refractivity contribution in [1.82, 2.24) is 4.98 Å². The van der Waals surface area contributed by atoms with Crippen molar-refractivity contribution >= 4 is 5.69 Å². The van der Waals surface area contributed by atoms with Crippen molar-refractivity contribution in [2.45, 2.75) is 13.5 Å². The van der Waals surface area contributed by atoms with E-state index in [-0.39, 0.29) is 23.7 Å². The van der Waals surface area contributed by atoms with Gasteiger partial charge in [0.25, 0.3) is 5.88 Å². The van der Waals surface area contributed by atoms with E-state index in [1.807, 2.05) is 0 Å². The lowest BCUT2D eigenvalue weighted by molar-refractivity contribution is -0.387. The van der Waals surface area contributed by atoms with Gasteiger partial charge in [0.1, 0.15) is 6.61 Å². The number of pyridine rings is 1. The molecule has 0 saturated carbocycles. The molecule has 6 heteroatoms. The molecule has 1 heterocycles. The van der Waals surface area contributed by atoms with E-state index < -0.39 is 11.5 Å². The largest absolute Gasteiger partial charge is 0.468 e. The fraction of sp³-hybridized carbons (Fsp3) is 0.214. The predicted octanol–water partition coefficient (Wildman–Crippen LogP) is 2.47. The second-order valence-corrected chi connectivity index (χ2v) is 4.03. The van der Waals surface area contributed by atoms with Crippen LogP contribution in [0.2, 0.25) is 0 Å². The molecule has 0 amide bonds. The van der Waals surface area contributed by atoms with E-state index in [1.165, 1.54) is 6.07 Å². The number of rotatable bonds is 7. The van der Waals surface area contributed by atoms with Gasteiger partial charge in [-0.25, -0.2) is 4.98 Å². The molecule has 0 bridgehead atoms. The SMILES string of the molecule is C=C/C=C\C(=C)COc1nc(C)cc(CO)c1[N+](=O)[O-]. The van der Waals surface area contributed by atoms with Crippen molar-refractivity contribution in [3.8, 4) is 5.88 Å². The summed E-state index contributed by atoms with van der Waals surface area (Å²) in [6.45, 7) is 8.54. The standard InChI is InChI=1S/C14H16N2O4/c1-4-5-6-10(2)9-20-14-13(16(18)19)12(8-17)7-11(3)15-14/h4-7,17H,1-2,8-9H2,3H3/b6-5-. The molecule has 6 nitrogen and oxygen atoms in total. The highest BCUT2D eigenvalue weighted by molar-refractivity contribution is 5.49. The summed E-state index contributed by atoms with van der Waals surface area (Å²) in [7, 11) is 0. The van der Waals surface area contributed by atoms with E-state index in [0.29, 0.717) is 11.3 Å². The molecule has 0 aliphatic heterocycles. The zero-order valence-corrected chi connectivity index (χ0v) is 11.2. The number of aliphatic hydroxyl groups excluding tert-OH is 1. The van der Waals surface area contributed by atoms with Gasteiger partial charge in [-0.05, 0) is 18.6 Å². The van der Waals surface area contributed by atoms with Gasteiger partial charge in [0.15, 0.2) is 0 Å². The van der Waals surface area contributed by atoms with Crippen LogP contribution in [0, 0.1) is 17.0 Å². The third-order valence-corrected chi connectivity index (χ3v) is 2.38. The van der Waals surface area contributed by atoms with E-state index in [0.717, 1.165) is 0 Å². The molecule has 0 aromatic carbocycles. The molecule has 20 heavy (non-hydrogen) atoms. The molecule has 0 aliphatic rings. The van der Waals surface area contributed by atoms with Gasteiger partial charge < -0.3 is 9.84 Å². The smallest absolute Gasteiger partial charge is 0.336 e. The molecular formula is C14H16N2O4. The molecule has 1 N–H and O–H groups in total. The van der Waals surface area contributed by atoms with Crippen LogP contribution in [-0.4, -0.2) is 21.6 Å². The Morgan fingerprint density at radius 2 is 2.35 bits per heavy atom. The Bertz CT molecular complexity index is 565. The molecule has 1 aromatic heterocycles. The van der Waals surface area contributed by atoms with E-state index in [2.05, 4.69) is 18.1 Å². The highest BCUT2D eigenvalue weighted by Gasteiger charge is 2.23. The Labute approximate surface area is 116 Å². The van der Waals surface area contributed by atoms with Crippen LogP contribution in [0.25, 0.3) is 0 Å². The Morgan fingerprint density at radius 1 is 1.65 bits per heavy atom. The minimum atomic E-state index is -0.615. The summed E-state index contributed by atoms with van der Waals surface area (Å²) in [5.41, 5.74) is 0.998. The first-order valence-corrected chi connectivity index (χ1v) is 5.85. The molecule has 0 aliphatic carbocycles. The maximum absolute atomic E-state index is 11.1. The summed E-state index contributed by atoms with van der Waals surface area (Å²) >= 11 is 0. The lowest BCUT2D eigenvalue weighted by Gasteiger charge is -2.09. The van der Waals surface area contributed by atoms with E-state index in [1.54, 1.807) is 25.2 Å². The van der Waals surface area contributed by atoms with Crippen LogP contribution in [0.3, 0.4) is 0 Å². The first-order chi connectivity index (χ1) is 9.49. The zero-order valence-electron chi connectivity index (χ0n) is 11.2. The Balaban J connectivity index is 3.02. The van der Waals surface area contributed by atoms with Crippen molar-refractivity contribution < 1.29 is 14.8 Å². The van der Waals surface area contributed by atoms with E-state index in [9.17, 15) is 15.2 Å². The maximum atomic E-state index is 11.1. The second-order valence-electron chi connectivity index (χ2n) is 4.03. The van der Waals surface area contributed by atoms with Gasteiger partial charge in [-0.2, -0.15) is 0 Å². The predicted molar refractivity (Wildman–Crippen MR) is 75.5 cm³/mol. The Hall–Kier alpha value is -2.47. The van der Waals surface area contributed by atoms with Gasteiger partial charge >= 0.3 is 5.69 Å². The number of aryl methyl sites for hydroxylation is 1. The number of nitrogens with zero attached hydrogens (tertiary/aromatic N) is 2. The number of ether oxygens (including phenoxy) is 1. The average Bonchev–Trinajstić information content (AvgIpc) is 2.41. The first-order valence-electron chi connectivity index (χ1n) is 5.85. The van der Waals surface area contributed by atoms with Crippen LogP contribution in [0.1, 0.15) is 11.3 Å². The topological polar surface area (TPSA) is 85.5 Å². The molecular weight excluding hydrogens is 260 g/mol. The fourth-order valence-corrected chi connectivity index (χ4v) is 1.53. The fourth-order valence-electron chi connectivity index (χ4n) is 1.53. The molecule has 0 spiro atoms.